The largest absolute Gasteiger partial charge is 0.398 e. The molecule has 0 aliphatic rings. The Balaban J connectivity index is -0.000000696. The Bertz CT molecular complexity index is 1720. The topological polar surface area (TPSA) is 104 Å². The minimum Gasteiger partial charge on any atom is -0.398 e. The van der Waals surface area contributed by atoms with Gasteiger partial charge in [-0.1, -0.05) is 146 Å². The highest BCUT2D eigenvalue weighted by Crippen LogP contribution is 2.35. The van der Waals surface area contributed by atoms with Crippen molar-refractivity contribution in [1.29, 1.82) is 0 Å². The number of alkyl halides is 1. The first kappa shape index (κ1) is 58.3. The van der Waals surface area contributed by atoms with Gasteiger partial charge in [-0.15, -0.1) is 26.3 Å². The molecule has 59 heavy (non-hydrogen) atoms. The molecule has 0 aliphatic heterocycles. The molecule has 4 nitrogen and oxygen atoms in total. The Kier molecular flexibility index (Phi) is 33.5. The van der Waals surface area contributed by atoms with E-state index in [2.05, 4.69) is 156 Å². The summed E-state index contributed by atoms with van der Waals surface area (Å²) in [5.41, 5.74) is 35.0. The van der Waals surface area contributed by atoms with E-state index in [0.29, 0.717) is 30.2 Å². The average Bonchev–Trinajstić information content (AvgIpc) is 3.21. The lowest BCUT2D eigenvalue weighted by Gasteiger charge is -2.19. The molecule has 0 spiro atoms. The molecule has 0 unspecified atom stereocenters. The molecular formula is C53H80F2N4. The van der Waals surface area contributed by atoms with Crippen molar-refractivity contribution in [3.05, 3.63) is 180 Å². The first-order valence-corrected chi connectivity index (χ1v) is 20.5. The fraction of sp³-hybridized carbons (Fsp3) is 0.358. The summed E-state index contributed by atoms with van der Waals surface area (Å²) in [6.45, 7) is 37.1. The summed E-state index contributed by atoms with van der Waals surface area (Å²) in [5.74, 6) is 1.55. The predicted octanol–water partition coefficient (Wildman–Crippen LogP) is 14.8. The molecule has 326 valence electrons. The molecule has 0 bridgehead atoms. The van der Waals surface area contributed by atoms with Crippen LogP contribution in [0.15, 0.2) is 136 Å². The number of hydrogen-bond acceptors (Lipinski definition) is 4. The highest BCUT2D eigenvalue weighted by molar-refractivity contribution is 5.71. The molecule has 0 aromatic heterocycles. The minimum atomic E-state index is -0.667. The maximum Gasteiger partial charge on any atom is 0.123 e. The summed E-state index contributed by atoms with van der Waals surface area (Å²) < 4.78 is 24.1. The van der Waals surface area contributed by atoms with Crippen molar-refractivity contribution >= 4 is 11.4 Å². The van der Waals surface area contributed by atoms with Gasteiger partial charge < -0.3 is 22.9 Å². The minimum absolute atomic E-state index is 0.211. The second-order valence-corrected chi connectivity index (χ2v) is 14.8. The molecule has 0 aliphatic carbocycles. The zero-order valence-corrected chi connectivity index (χ0v) is 38.9. The van der Waals surface area contributed by atoms with Crippen LogP contribution in [0.1, 0.15) is 132 Å². The maximum atomic E-state index is 13.1. The van der Waals surface area contributed by atoms with Crippen molar-refractivity contribution in [2.45, 2.75) is 119 Å². The van der Waals surface area contributed by atoms with Gasteiger partial charge in [-0.2, -0.15) is 0 Å². The second kappa shape index (κ2) is 33.9. The van der Waals surface area contributed by atoms with Crippen LogP contribution >= 0.6 is 0 Å². The van der Waals surface area contributed by atoms with E-state index in [0.717, 1.165) is 33.6 Å². The van der Waals surface area contributed by atoms with E-state index < -0.39 is 6.17 Å². The van der Waals surface area contributed by atoms with Crippen molar-refractivity contribution in [3.63, 3.8) is 0 Å². The third-order valence-corrected chi connectivity index (χ3v) is 8.50. The number of aryl methyl sites for hydroxylation is 2. The zero-order valence-electron chi connectivity index (χ0n) is 38.9. The van der Waals surface area contributed by atoms with E-state index in [1.807, 2.05) is 42.5 Å². The second-order valence-electron chi connectivity index (χ2n) is 14.8. The van der Waals surface area contributed by atoms with Gasteiger partial charge in [0.1, 0.15) is 5.82 Å². The van der Waals surface area contributed by atoms with Crippen LogP contribution in [0.25, 0.3) is 11.1 Å². The van der Waals surface area contributed by atoms with Crippen LogP contribution in [0, 0.1) is 19.7 Å². The highest BCUT2D eigenvalue weighted by atomic mass is 19.1. The number of hydrogen-bond donors (Lipinski definition) is 4. The number of nitrogens with two attached hydrogens (primary N) is 4. The van der Waals surface area contributed by atoms with Gasteiger partial charge in [0.25, 0.3) is 0 Å². The number of para-hydroxylation sites is 1. The summed E-state index contributed by atoms with van der Waals surface area (Å²) in [4.78, 5) is 0. The Hall–Kier alpha value is -5.04. The number of nitrogen functional groups attached to an aromatic ring is 2. The smallest absolute Gasteiger partial charge is 0.123 e. The van der Waals surface area contributed by atoms with Gasteiger partial charge in [-0.3, -0.25) is 0 Å². The molecule has 0 saturated heterocycles. The molecule has 0 saturated carbocycles. The summed E-state index contributed by atoms with van der Waals surface area (Å²) in [5, 5.41) is 0. The van der Waals surface area contributed by atoms with Gasteiger partial charge in [0, 0.05) is 17.9 Å². The Morgan fingerprint density at radius 2 is 0.847 bits per heavy atom. The van der Waals surface area contributed by atoms with Gasteiger partial charge in [0.05, 0.1) is 6.17 Å². The molecule has 0 atom stereocenters. The normalized spacial score (nSPS) is 9.66. The quantitative estimate of drug-likeness (QED) is 0.101. The Labute approximate surface area is 359 Å². The van der Waals surface area contributed by atoms with E-state index in [9.17, 15) is 8.78 Å². The average molecular weight is 811 g/mol. The summed E-state index contributed by atoms with van der Waals surface area (Å²) >= 11 is 0. The van der Waals surface area contributed by atoms with Crippen LogP contribution in [-0.2, 0) is 6.54 Å². The van der Waals surface area contributed by atoms with Crippen molar-refractivity contribution in [1.82, 2.24) is 0 Å². The fourth-order valence-electron chi connectivity index (χ4n) is 5.45. The summed E-state index contributed by atoms with van der Waals surface area (Å²) in [7, 11) is 1.50. The predicted molar refractivity (Wildman–Crippen MR) is 263 cm³/mol. The molecule has 0 heterocycles. The van der Waals surface area contributed by atoms with Crippen molar-refractivity contribution in [2.24, 2.45) is 11.5 Å². The van der Waals surface area contributed by atoms with Gasteiger partial charge in [-0.05, 0) is 127 Å². The maximum absolute atomic E-state index is 13.1. The van der Waals surface area contributed by atoms with Crippen LogP contribution in [0.4, 0.5) is 20.2 Å². The van der Waals surface area contributed by atoms with Crippen LogP contribution < -0.4 is 22.9 Å². The van der Waals surface area contributed by atoms with E-state index in [-0.39, 0.29) is 5.82 Å². The number of rotatable bonds is 6. The Morgan fingerprint density at radius 3 is 1.15 bits per heavy atom. The molecule has 8 N–H and O–H groups in total. The van der Waals surface area contributed by atoms with Gasteiger partial charge in [0.15, 0.2) is 0 Å². The zero-order chi connectivity index (χ0) is 46.2. The fourth-order valence-corrected chi connectivity index (χ4v) is 5.45. The molecular weight excluding hydrogens is 731 g/mol. The van der Waals surface area contributed by atoms with E-state index in [1.54, 1.807) is 0 Å². The van der Waals surface area contributed by atoms with Gasteiger partial charge in [0.2, 0.25) is 0 Å². The van der Waals surface area contributed by atoms with Crippen LogP contribution in [0.2, 0.25) is 0 Å². The standard InChI is InChI=1S/C18H22FN.C12H19N.C8H11N.C7H8.C3H7F.2C2H4.CH5N/c1-11(2)16-9-14(10-17(12(3)4)18(16)20)13-5-7-15(19)8-6-13;1-8(2)10-6-5-7-11(9(3)4)12(10)13;1-7-4-2-3-5-8(7)6-9;1-7-5-3-2-4-6-7;1-3(2)4;3*1-2/h5-12H,20H2,1-4H3;5-9H,13H2,1-4H3;2-5H,6,9H2,1H3;2-6H,1H3;3H,1-2H3;2*1-2H2;2H2,1H3. The number of benzene rings is 5. The monoisotopic (exact) mass is 811 g/mol. The third kappa shape index (κ3) is 23.8. The molecule has 0 fully saturated rings. The number of halogens is 2. The van der Waals surface area contributed by atoms with E-state index in [1.165, 1.54) is 60.8 Å². The third-order valence-electron chi connectivity index (χ3n) is 8.50. The van der Waals surface area contributed by atoms with Gasteiger partial charge in [-0.25, -0.2) is 8.78 Å². The molecule has 5 rings (SSSR count). The van der Waals surface area contributed by atoms with Crippen LogP contribution in [0.5, 0.6) is 0 Å². The van der Waals surface area contributed by atoms with Crippen molar-refractivity contribution in [3.8, 4) is 11.1 Å². The molecule has 0 amide bonds. The first-order chi connectivity index (χ1) is 27.9. The van der Waals surface area contributed by atoms with Gasteiger partial charge >= 0.3 is 0 Å². The summed E-state index contributed by atoms with van der Waals surface area (Å²) in [6.07, 6.45) is -0.667. The van der Waals surface area contributed by atoms with E-state index >= 15 is 0 Å². The Morgan fingerprint density at radius 1 is 0.492 bits per heavy atom. The SMILES string of the molecule is C=C.C=C.CC(C)F.CC(C)c1cc(-c2ccc(F)cc2)cc(C(C)C)c1N.CC(C)c1cccc(C(C)C)c1N.CN.Cc1ccccc1.Cc1ccccc1CN. The van der Waals surface area contributed by atoms with Crippen LogP contribution in [-0.4, -0.2) is 13.2 Å². The highest BCUT2D eigenvalue weighted by Gasteiger charge is 2.14. The van der Waals surface area contributed by atoms with E-state index in [4.69, 9.17) is 17.2 Å². The first-order valence-electron chi connectivity index (χ1n) is 20.5. The van der Waals surface area contributed by atoms with Crippen molar-refractivity contribution < 1.29 is 8.78 Å². The lowest BCUT2D eigenvalue weighted by atomic mass is 9.89. The summed E-state index contributed by atoms with van der Waals surface area (Å²) in [6, 6.07) is 35.6. The van der Waals surface area contributed by atoms with Crippen molar-refractivity contribution in [2.75, 3.05) is 18.5 Å². The molecule has 0 radical (unpaired) electrons. The molecule has 5 aromatic rings. The number of anilines is 2. The molecule has 5 aromatic carbocycles. The lowest BCUT2D eigenvalue weighted by molar-refractivity contribution is 0.391. The van der Waals surface area contributed by atoms with Crippen LogP contribution in [0.3, 0.4) is 0 Å². The lowest BCUT2D eigenvalue weighted by Crippen LogP contribution is -2.03. The molecule has 6 heteroatoms.